The highest BCUT2D eigenvalue weighted by molar-refractivity contribution is 5.39. The van der Waals surface area contributed by atoms with Gasteiger partial charge in [-0.3, -0.25) is 10.8 Å². The highest BCUT2D eigenvalue weighted by Gasteiger charge is 2.31. The van der Waals surface area contributed by atoms with Crippen LogP contribution in [0, 0.1) is 13.8 Å². The Balaban J connectivity index is 2.44. The molecule has 112 valence electrons. The van der Waals surface area contributed by atoms with E-state index < -0.39 is 11.7 Å². The van der Waals surface area contributed by atoms with E-state index in [1.54, 1.807) is 19.2 Å². The van der Waals surface area contributed by atoms with Gasteiger partial charge in [-0.15, -0.1) is 0 Å². The summed E-state index contributed by atoms with van der Waals surface area (Å²) in [5, 5.41) is 0. The first-order chi connectivity index (χ1) is 9.82. The van der Waals surface area contributed by atoms with Crippen molar-refractivity contribution in [3.8, 4) is 0 Å². The molecule has 3 nitrogen and oxygen atoms in total. The van der Waals surface area contributed by atoms with Gasteiger partial charge in [0.05, 0.1) is 11.6 Å². The Kier molecular flexibility index (Phi) is 4.29. The van der Waals surface area contributed by atoms with Crippen molar-refractivity contribution in [1.29, 1.82) is 0 Å². The molecule has 2 aromatic rings. The van der Waals surface area contributed by atoms with E-state index in [9.17, 15) is 13.2 Å². The standard InChI is InChI=1S/C15H16F3N3/c1-9-7-12(15(16,17)18)3-4-13(9)14(21-19)11-5-6-20-10(2)8-11/h3-8,14,21H,19H2,1-2H3. The van der Waals surface area contributed by atoms with Gasteiger partial charge in [-0.05, 0) is 54.8 Å². The first kappa shape index (κ1) is 15.5. The summed E-state index contributed by atoms with van der Waals surface area (Å²) in [6.07, 6.45) is -2.70. The number of hydrogen-bond acceptors (Lipinski definition) is 3. The van der Waals surface area contributed by atoms with Gasteiger partial charge in [0.2, 0.25) is 0 Å². The molecule has 0 aliphatic heterocycles. The molecule has 1 atom stereocenters. The van der Waals surface area contributed by atoms with Crippen LogP contribution in [0.3, 0.4) is 0 Å². The van der Waals surface area contributed by atoms with E-state index >= 15 is 0 Å². The maximum absolute atomic E-state index is 12.7. The van der Waals surface area contributed by atoms with E-state index in [-0.39, 0.29) is 6.04 Å². The molecule has 1 aromatic heterocycles. The fourth-order valence-corrected chi connectivity index (χ4v) is 2.29. The minimum Gasteiger partial charge on any atom is -0.271 e. The van der Waals surface area contributed by atoms with E-state index in [1.807, 2.05) is 13.0 Å². The zero-order chi connectivity index (χ0) is 15.6. The van der Waals surface area contributed by atoms with E-state index in [2.05, 4.69) is 10.4 Å². The summed E-state index contributed by atoms with van der Waals surface area (Å²) in [4.78, 5) is 4.10. The fourth-order valence-electron chi connectivity index (χ4n) is 2.29. The normalized spacial score (nSPS) is 13.2. The second-order valence-corrected chi connectivity index (χ2v) is 4.90. The Morgan fingerprint density at radius 2 is 1.86 bits per heavy atom. The van der Waals surface area contributed by atoms with Crippen molar-refractivity contribution in [2.45, 2.75) is 26.1 Å². The molecule has 1 heterocycles. The van der Waals surface area contributed by atoms with Gasteiger partial charge in [0.25, 0.3) is 0 Å². The van der Waals surface area contributed by atoms with Crippen LogP contribution in [0.25, 0.3) is 0 Å². The van der Waals surface area contributed by atoms with Crippen LogP contribution in [0.4, 0.5) is 13.2 Å². The lowest BCUT2D eigenvalue weighted by molar-refractivity contribution is -0.137. The van der Waals surface area contributed by atoms with Crippen LogP contribution in [-0.4, -0.2) is 4.98 Å². The lowest BCUT2D eigenvalue weighted by Gasteiger charge is -2.20. The highest BCUT2D eigenvalue weighted by atomic mass is 19.4. The van der Waals surface area contributed by atoms with Crippen molar-refractivity contribution < 1.29 is 13.2 Å². The number of benzene rings is 1. The molecule has 3 N–H and O–H groups in total. The summed E-state index contributed by atoms with van der Waals surface area (Å²) in [5.41, 5.74) is 4.90. The number of nitrogens with one attached hydrogen (secondary N) is 1. The van der Waals surface area contributed by atoms with Gasteiger partial charge in [-0.2, -0.15) is 13.2 Å². The first-order valence-electron chi connectivity index (χ1n) is 6.39. The number of aromatic nitrogens is 1. The number of hydrogen-bond donors (Lipinski definition) is 2. The molecule has 0 radical (unpaired) electrons. The average molecular weight is 295 g/mol. The van der Waals surface area contributed by atoms with Gasteiger partial charge in [0.1, 0.15) is 0 Å². The molecule has 0 aliphatic carbocycles. The Morgan fingerprint density at radius 3 is 2.38 bits per heavy atom. The number of nitrogens with two attached hydrogens (primary N) is 1. The molecule has 0 amide bonds. The Morgan fingerprint density at radius 1 is 1.14 bits per heavy atom. The molecule has 21 heavy (non-hydrogen) atoms. The van der Waals surface area contributed by atoms with Gasteiger partial charge in [0, 0.05) is 11.9 Å². The molecular formula is C15H16F3N3. The molecule has 6 heteroatoms. The largest absolute Gasteiger partial charge is 0.416 e. The molecule has 0 aliphatic rings. The van der Waals surface area contributed by atoms with Gasteiger partial charge >= 0.3 is 6.18 Å². The molecule has 0 fully saturated rings. The third kappa shape index (κ3) is 3.40. The molecule has 1 unspecified atom stereocenters. The van der Waals surface area contributed by atoms with Crippen LogP contribution in [0.1, 0.15) is 34.0 Å². The summed E-state index contributed by atoms with van der Waals surface area (Å²) in [5.74, 6) is 5.59. The predicted molar refractivity (Wildman–Crippen MR) is 74.3 cm³/mol. The second-order valence-electron chi connectivity index (χ2n) is 4.90. The monoisotopic (exact) mass is 295 g/mol. The van der Waals surface area contributed by atoms with Crippen LogP contribution in [0.2, 0.25) is 0 Å². The van der Waals surface area contributed by atoms with Crippen LogP contribution in [0.15, 0.2) is 36.5 Å². The van der Waals surface area contributed by atoms with E-state index in [0.717, 1.165) is 23.4 Å². The zero-order valence-electron chi connectivity index (χ0n) is 11.7. The maximum atomic E-state index is 12.7. The molecule has 1 aromatic carbocycles. The summed E-state index contributed by atoms with van der Waals surface area (Å²) in [6.45, 7) is 3.49. The van der Waals surface area contributed by atoms with Crippen molar-refractivity contribution in [2.24, 2.45) is 5.84 Å². The molecule has 0 bridgehead atoms. The molecule has 0 saturated heterocycles. The van der Waals surface area contributed by atoms with Crippen molar-refractivity contribution in [2.75, 3.05) is 0 Å². The predicted octanol–water partition coefficient (Wildman–Crippen LogP) is 3.27. The fraction of sp³-hybridized carbons (Fsp3) is 0.267. The van der Waals surface area contributed by atoms with Crippen LogP contribution < -0.4 is 11.3 Å². The third-order valence-corrected chi connectivity index (χ3v) is 3.33. The Hall–Kier alpha value is -1.92. The molecule has 0 saturated carbocycles. The number of hydrazine groups is 1. The molecule has 2 rings (SSSR count). The summed E-state index contributed by atoms with van der Waals surface area (Å²) < 4.78 is 38.1. The summed E-state index contributed by atoms with van der Waals surface area (Å²) in [6, 6.07) is 6.91. The second kappa shape index (κ2) is 5.83. The SMILES string of the molecule is Cc1cc(C(NN)c2ccc(C(F)(F)F)cc2C)ccn1. The zero-order valence-corrected chi connectivity index (χ0v) is 11.7. The highest BCUT2D eigenvalue weighted by Crippen LogP contribution is 2.32. The van der Waals surface area contributed by atoms with Gasteiger partial charge < -0.3 is 0 Å². The first-order valence-corrected chi connectivity index (χ1v) is 6.39. The lowest BCUT2D eigenvalue weighted by Crippen LogP contribution is -2.29. The van der Waals surface area contributed by atoms with Gasteiger partial charge in [-0.25, -0.2) is 5.43 Å². The van der Waals surface area contributed by atoms with Crippen molar-refractivity contribution >= 4 is 0 Å². The minimum atomic E-state index is -4.35. The third-order valence-electron chi connectivity index (χ3n) is 3.33. The van der Waals surface area contributed by atoms with Gasteiger partial charge in [0.15, 0.2) is 0 Å². The summed E-state index contributed by atoms with van der Waals surface area (Å²) in [7, 11) is 0. The maximum Gasteiger partial charge on any atom is 0.416 e. The Labute approximate surface area is 121 Å². The van der Waals surface area contributed by atoms with Crippen LogP contribution in [0.5, 0.6) is 0 Å². The van der Waals surface area contributed by atoms with E-state index in [1.165, 1.54) is 6.07 Å². The lowest BCUT2D eigenvalue weighted by atomic mass is 9.94. The molecule has 0 spiro atoms. The average Bonchev–Trinajstić information content (AvgIpc) is 2.40. The van der Waals surface area contributed by atoms with Crippen molar-refractivity contribution in [3.05, 3.63) is 64.5 Å². The van der Waals surface area contributed by atoms with Gasteiger partial charge in [-0.1, -0.05) is 6.07 Å². The molecular weight excluding hydrogens is 279 g/mol. The van der Waals surface area contributed by atoms with Crippen LogP contribution >= 0.6 is 0 Å². The number of nitrogens with zero attached hydrogens (tertiary/aromatic N) is 1. The number of alkyl halides is 3. The van der Waals surface area contributed by atoms with E-state index in [0.29, 0.717) is 11.1 Å². The smallest absolute Gasteiger partial charge is 0.271 e. The number of halogens is 3. The van der Waals surface area contributed by atoms with E-state index in [4.69, 9.17) is 5.84 Å². The van der Waals surface area contributed by atoms with Crippen molar-refractivity contribution in [1.82, 2.24) is 10.4 Å². The summed E-state index contributed by atoms with van der Waals surface area (Å²) >= 11 is 0. The number of rotatable bonds is 3. The van der Waals surface area contributed by atoms with Crippen LogP contribution in [-0.2, 0) is 6.18 Å². The topological polar surface area (TPSA) is 50.9 Å². The quantitative estimate of drug-likeness (QED) is 0.675. The number of aryl methyl sites for hydroxylation is 2. The minimum absolute atomic E-state index is 0.381. The Bertz CT molecular complexity index is 638. The number of pyridine rings is 1. The van der Waals surface area contributed by atoms with Crippen molar-refractivity contribution in [3.63, 3.8) is 0 Å².